The van der Waals surface area contributed by atoms with Crippen molar-refractivity contribution in [1.29, 1.82) is 5.26 Å². The maximum Gasteiger partial charge on any atom is 0.307 e. The predicted octanol–water partition coefficient (Wildman–Crippen LogP) is 1.52. The number of thiazole rings is 1. The van der Waals surface area contributed by atoms with E-state index in [0.717, 1.165) is 12.1 Å². The summed E-state index contributed by atoms with van der Waals surface area (Å²) in [5, 5.41) is 10.1. The summed E-state index contributed by atoms with van der Waals surface area (Å²) >= 11 is 1.21. The fourth-order valence-electron chi connectivity index (χ4n) is 0.991. The lowest BCUT2D eigenvalue weighted by atomic mass is 10.3. The van der Waals surface area contributed by atoms with Crippen LogP contribution in [0.5, 0.6) is 0 Å². The van der Waals surface area contributed by atoms with Gasteiger partial charge in [0.15, 0.2) is 0 Å². The van der Waals surface area contributed by atoms with Crippen molar-refractivity contribution >= 4 is 11.3 Å². The van der Waals surface area contributed by atoms with Gasteiger partial charge in [-0.1, -0.05) is 11.3 Å². The highest BCUT2D eigenvalue weighted by Crippen LogP contribution is 2.01. The van der Waals surface area contributed by atoms with E-state index in [-0.39, 0.29) is 4.87 Å². The number of rotatable bonds is 3. The molecule has 12 heavy (non-hydrogen) atoms. The molecule has 0 radical (unpaired) electrons. The van der Waals surface area contributed by atoms with Crippen LogP contribution in [0.15, 0.2) is 10.2 Å². The van der Waals surface area contributed by atoms with Gasteiger partial charge in [-0.2, -0.15) is 5.26 Å². The molecule has 4 heteroatoms. The van der Waals surface area contributed by atoms with Gasteiger partial charge < -0.3 is 4.57 Å². The zero-order chi connectivity index (χ0) is 8.97. The molecule has 0 aliphatic rings. The van der Waals surface area contributed by atoms with Crippen LogP contribution in [-0.2, 0) is 6.54 Å². The van der Waals surface area contributed by atoms with Gasteiger partial charge in [-0.05, 0) is 13.3 Å². The highest BCUT2D eigenvalue weighted by molar-refractivity contribution is 7.07. The average Bonchev–Trinajstić information content (AvgIpc) is 2.35. The van der Waals surface area contributed by atoms with Gasteiger partial charge in [0.1, 0.15) is 0 Å². The van der Waals surface area contributed by atoms with Gasteiger partial charge in [-0.25, -0.2) is 0 Å². The average molecular weight is 182 g/mol. The van der Waals surface area contributed by atoms with Crippen LogP contribution in [-0.4, -0.2) is 4.57 Å². The normalized spacial score (nSPS) is 9.67. The van der Waals surface area contributed by atoms with Crippen LogP contribution in [0.3, 0.4) is 0 Å². The van der Waals surface area contributed by atoms with Crippen LogP contribution in [0.1, 0.15) is 18.5 Å². The number of unbranched alkanes of at least 4 members (excludes halogenated alkanes) is 1. The fourth-order valence-corrected chi connectivity index (χ4v) is 1.75. The second-order valence-corrected chi connectivity index (χ2v) is 3.38. The monoisotopic (exact) mass is 182 g/mol. The summed E-state index contributed by atoms with van der Waals surface area (Å²) in [6, 6.07) is 2.06. The molecule has 0 saturated carbocycles. The molecule has 0 spiro atoms. The first-order valence-electron chi connectivity index (χ1n) is 3.77. The smallest absolute Gasteiger partial charge is 0.303 e. The van der Waals surface area contributed by atoms with Crippen molar-refractivity contribution in [2.24, 2.45) is 0 Å². The van der Waals surface area contributed by atoms with Crippen molar-refractivity contribution in [2.75, 3.05) is 0 Å². The minimum Gasteiger partial charge on any atom is -0.303 e. The number of hydrogen-bond donors (Lipinski definition) is 0. The zero-order valence-electron chi connectivity index (χ0n) is 6.91. The number of nitrogens with zero attached hydrogens (tertiary/aromatic N) is 2. The Morgan fingerprint density at radius 1 is 1.75 bits per heavy atom. The highest BCUT2D eigenvalue weighted by Gasteiger charge is 2.00. The van der Waals surface area contributed by atoms with Crippen LogP contribution in [0.25, 0.3) is 0 Å². The van der Waals surface area contributed by atoms with E-state index in [1.165, 1.54) is 11.3 Å². The Labute approximate surface area is 74.9 Å². The molecule has 0 saturated heterocycles. The molecular formula is C8H10N2OS. The molecule has 3 nitrogen and oxygen atoms in total. The Hall–Kier alpha value is -1.08. The summed E-state index contributed by atoms with van der Waals surface area (Å²) in [7, 11) is 0. The summed E-state index contributed by atoms with van der Waals surface area (Å²) in [5.74, 6) is 0. The van der Waals surface area contributed by atoms with E-state index in [0.29, 0.717) is 13.0 Å². The molecule has 0 aliphatic carbocycles. The quantitative estimate of drug-likeness (QED) is 0.665. The van der Waals surface area contributed by atoms with Crippen molar-refractivity contribution in [2.45, 2.75) is 26.3 Å². The first-order chi connectivity index (χ1) is 5.75. The van der Waals surface area contributed by atoms with E-state index in [4.69, 9.17) is 5.26 Å². The third kappa shape index (κ3) is 1.95. The molecule has 1 aromatic rings. The minimum atomic E-state index is 0.0745. The van der Waals surface area contributed by atoms with Gasteiger partial charge in [0.2, 0.25) is 0 Å². The van der Waals surface area contributed by atoms with Crippen molar-refractivity contribution in [1.82, 2.24) is 4.57 Å². The van der Waals surface area contributed by atoms with Gasteiger partial charge in [0.05, 0.1) is 6.07 Å². The second-order valence-electron chi connectivity index (χ2n) is 2.56. The molecule has 0 unspecified atom stereocenters. The zero-order valence-corrected chi connectivity index (χ0v) is 7.73. The third-order valence-corrected chi connectivity index (χ3v) is 2.53. The third-order valence-electron chi connectivity index (χ3n) is 1.65. The molecule has 1 aromatic heterocycles. The molecule has 0 fully saturated rings. The fraction of sp³-hybridized carbons (Fsp3) is 0.500. The Morgan fingerprint density at radius 2 is 2.50 bits per heavy atom. The standard InChI is InChI=1S/C8H10N2OS/c1-7-6-12-8(11)10(7)5-3-2-4-9/h6H,2-3,5H2,1H3. The Morgan fingerprint density at radius 3 is 3.00 bits per heavy atom. The van der Waals surface area contributed by atoms with Crippen molar-refractivity contribution in [3.63, 3.8) is 0 Å². The van der Waals surface area contributed by atoms with Crippen LogP contribution in [0.4, 0.5) is 0 Å². The summed E-state index contributed by atoms with van der Waals surface area (Å²) in [4.78, 5) is 11.2. The molecule has 0 amide bonds. The van der Waals surface area contributed by atoms with E-state index in [1.807, 2.05) is 12.3 Å². The maximum absolute atomic E-state index is 11.1. The maximum atomic E-state index is 11.1. The van der Waals surface area contributed by atoms with Gasteiger partial charge in [-0.3, -0.25) is 4.79 Å². The summed E-state index contributed by atoms with van der Waals surface area (Å²) < 4.78 is 1.71. The molecular weight excluding hydrogens is 172 g/mol. The molecule has 0 bridgehead atoms. The van der Waals surface area contributed by atoms with E-state index in [9.17, 15) is 4.79 Å². The Balaban J connectivity index is 2.63. The van der Waals surface area contributed by atoms with E-state index in [1.54, 1.807) is 4.57 Å². The lowest BCUT2D eigenvalue weighted by Crippen LogP contribution is -2.14. The van der Waals surface area contributed by atoms with Crippen molar-refractivity contribution in [3.05, 3.63) is 20.7 Å². The van der Waals surface area contributed by atoms with E-state index >= 15 is 0 Å². The van der Waals surface area contributed by atoms with Gasteiger partial charge >= 0.3 is 4.87 Å². The first-order valence-corrected chi connectivity index (χ1v) is 4.65. The van der Waals surface area contributed by atoms with Crippen LogP contribution in [0, 0.1) is 18.3 Å². The summed E-state index contributed by atoms with van der Waals surface area (Å²) in [5.41, 5.74) is 0.989. The number of nitriles is 1. The lowest BCUT2D eigenvalue weighted by Gasteiger charge is -2.00. The number of aromatic nitrogens is 1. The van der Waals surface area contributed by atoms with Crippen LogP contribution >= 0.6 is 11.3 Å². The Bertz CT molecular complexity index is 345. The molecule has 1 heterocycles. The van der Waals surface area contributed by atoms with Gasteiger partial charge in [0, 0.05) is 24.0 Å². The summed E-state index contributed by atoms with van der Waals surface area (Å²) in [6.07, 6.45) is 1.27. The largest absolute Gasteiger partial charge is 0.307 e. The van der Waals surface area contributed by atoms with Crippen molar-refractivity contribution in [3.8, 4) is 6.07 Å². The number of aryl methyl sites for hydroxylation is 1. The lowest BCUT2D eigenvalue weighted by molar-refractivity contribution is 0.629. The van der Waals surface area contributed by atoms with Crippen molar-refractivity contribution < 1.29 is 0 Å². The second kappa shape index (κ2) is 4.07. The molecule has 0 atom stereocenters. The van der Waals surface area contributed by atoms with Crippen LogP contribution < -0.4 is 4.87 Å². The first kappa shape index (κ1) is 9.01. The van der Waals surface area contributed by atoms with Gasteiger partial charge in [-0.15, -0.1) is 0 Å². The molecule has 0 aromatic carbocycles. The molecule has 0 aliphatic heterocycles. The number of hydrogen-bond acceptors (Lipinski definition) is 3. The SMILES string of the molecule is Cc1csc(=O)n1CCCC#N. The van der Waals surface area contributed by atoms with E-state index in [2.05, 4.69) is 6.07 Å². The molecule has 64 valence electrons. The molecule has 0 N–H and O–H groups in total. The Kier molecular flexibility index (Phi) is 3.06. The van der Waals surface area contributed by atoms with Crippen LogP contribution in [0.2, 0.25) is 0 Å². The minimum absolute atomic E-state index is 0.0745. The highest BCUT2D eigenvalue weighted by atomic mass is 32.1. The topological polar surface area (TPSA) is 45.8 Å². The predicted molar refractivity (Wildman–Crippen MR) is 48.2 cm³/mol. The molecule has 1 rings (SSSR count). The van der Waals surface area contributed by atoms with E-state index < -0.39 is 0 Å². The van der Waals surface area contributed by atoms with Gasteiger partial charge in [0.25, 0.3) is 0 Å². The summed E-state index contributed by atoms with van der Waals surface area (Å²) in [6.45, 7) is 2.58.